The van der Waals surface area contributed by atoms with E-state index in [-0.39, 0.29) is 5.56 Å². The highest BCUT2D eigenvalue weighted by molar-refractivity contribution is 7.98. The van der Waals surface area contributed by atoms with E-state index < -0.39 is 36.0 Å². The van der Waals surface area contributed by atoms with Gasteiger partial charge in [-0.25, -0.2) is 14.6 Å². The van der Waals surface area contributed by atoms with Gasteiger partial charge in [0.05, 0.1) is 5.56 Å². The average Bonchev–Trinajstić information content (AvgIpc) is 2.92. The van der Waals surface area contributed by atoms with Gasteiger partial charge in [0.1, 0.15) is 10.6 Å². The van der Waals surface area contributed by atoms with Crippen LogP contribution in [0.1, 0.15) is 43.0 Å². The van der Waals surface area contributed by atoms with Crippen LogP contribution in [-0.2, 0) is 14.3 Å². The average molecular weight is 406 g/mol. The van der Waals surface area contributed by atoms with Crippen molar-refractivity contribution in [3.05, 3.63) is 23.9 Å². The molecule has 1 aromatic rings. The third-order valence-corrected chi connectivity index (χ3v) is 5.76. The third-order valence-electron chi connectivity index (χ3n) is 5.04. The topological polar surface area (TPSA) is 118 Å². The van der Waals surface area contributed by atoms with E-state index in [4.69, 9.17) is 4.74 Å². The number of hydrazine groups is 1. The number of ether oxygens (including phenoxy) is 1. The number of hydrogen-bond donors (Lipinski definition) is 2. The fourth-order valence-electron chi connectivity index (χ4n) is 3.39. The molecule has 0 bridgehead atoms. The molecular weight excluding hydrogens is 384 g/mol. The molecule has 2 heterocycles. The maximum atomic E-state index is 12.7. The van der Waals surface area contributed by atoms with E-state index in [9.17, 15) is 19.2 Å². The van der Waals surface area contributed by atoms with Gasteiger partial charge in [0.15, 0.2) is 6.61 Å². The Morgan fingerprint density at radius 3 is 2.79 bits per heavy atom. The minimum Gasteiger partial charge on any atom is -0.452 e. The van der Waals surface area contributed by atoms with Crippen molar-refractivity contribution in [2.24, 2.45) is 5.92 Å². The summed E-state index contributed by atoms with van der Waals surface area (Å²) in [6.45, 7) is 1.48. The number of imide groups is 1. The van der Waals surface area contributed by atoms with Gasteiger partial charge < -0.3 is 10.1 Å². The van der Waals surface area contributed by atoms with Crippen molar-refractivity contribution >= 4 is 35.6 Å². The Bertz CT molecular complexity index is 807. The second-order valence-corrected chi connectivity index (χ2v) is 7.80. The zero-order valence-corrected chi connectivity index (χ0v) is 16.5. The Balaban J connectivity index is 1.57. The van der Waals surface area contributed by atoms with Crippen molar-refractivity contribution in [1.82, 2.24) is 20.7 Å². The van der Waals surface area contributed by atoms with Crippen LogP contribution in [0.5, 0.6) is 0 Å². The number of pyridine rings is 1. The van der Waals surface area contributed by atoms with Crippen LogP contribution in [0.2, 0.25) is 0 Å². The molecule has 1 saturated heterocycles. The summed E-state index contributed by atoms with van der Waals surface area (Å²) in [5, 5.41) is 3.87. The maximum absolute atomic E-state index is 12.7. The summed E-state index contributed by atoms with van der Waals surface area (Å²) in [4.78, 5) is 53.2. The van der Waals surface area contributed by atoms with E-state index in [2.05, 4.69) is 22.7 Å². The number of carbonyl (C=O) groups excluding carboxylic acids is 4. The predicted molar refractivity (Wildman–Crippen MR) is 100 cm³/mol. The van der Waals surface area contributed by atoms with Crippen LogP contribution in [-0.4, -0.2) is 52.2 Å². The number of aromatic nitrogens is 1. The monoisotopic (exact) mass is 406 g/mol. The lowest BCUT2D eigenvalue weighted by molar-refractivity contribution is -0.141. The summed E-state index contributed by atoms with van der Waals surface area (Å²) in [5.41, 5.74) is 1.53. The number of rotatable bonds is 5. The van der Waals surface area contributed by atoms with Crippen LogP contribution in [0.4, 0.5) is 4.79 Å². The molecule has 2 fully saturated rings. The Labute approximate surface area is 166 Å². The predicted octanol–water partition coefficient (Wildman–Crippen LogP) is 1.49. The van der Waals surface area contributed by atoms with Crippen molar-refractivity contribution in [2.75, 3.05) is 12.9 Å². The van der Waals surface area contributed by atoms with Gasteiger partial charge in [-0.15, -0.1) is 11.8 Å². The number of urea groups is 1. The molecule has 28 heavy (non-hydrogen) atoms. The van der Waals surface area contributed by atoms with Crippen LogP contribution in [0.15, 0.2) is 23.4 Å². The molecule has 1 saturated carbocycles. The minimum absolute atomic E-state index is 0.244. The molecule has 1 aliphatic carbocycles. The minimum atomic E-state index is -0.948. The molecular formula is C18H22N4O5S. The summed E-state index contributed by atoms with van der Waals surface area (Å²) >= 11 is 1.28. The largest absolute Gasteiger partial charge is 0.452 e. The molecule has 150 valence electrons. The highest BCUT2D eigenvalue weighted by Gasteiger charge is 2.52. The number of esters is 1. The normalized spacial score (nSPS) is 24.2. The van der Waals surface area contributed by atoms with Gasteiger partial charge in [0, 0.05) is 6.20 Å². The fraction of sp³-hybridized carbons (Fsp3) is 0.500. The standard InChI is InChI=1S/C18H22N4O5S/c1-11-5-7-18(8-6-11)16(25)22(17(26)20-18)21-13(23)10-27-15(24)12-4-3-9-19-14(12)28-2/h3-4,9,11H,5-8,10H2,1-2H3,(H,20,26)(H,21,23). The molecule has 10 heteroatoms. The van der Waals surface area contributed by atoms with Crippen molar-refractivity contribution in [3.63, 3.8) is 0 Å². The number of nitrogens with one attached hydrogen (secondary N) is 2. The first-order chi connectivity index (χ1) is 13.4. The fourth-order valence-corrected chi connectivity index (χ4v) is 3.93. The first kappa shape index (κ1) is 20.1. The Morgan fingerprint density at radius 1 is 1.39 bits per heavy atom. The molecule has 0 aromatic carbocycles. The van der Waals surface area contributed by atoms with Gasteiger partial charge in [-0.05, 0) is 50.0 Å². The molecule has 2 N–H and O–H groups in total. The van der Waals surface area contributed by atoms with Gasteiger partial charge in [-0.2, -0.15) is 5.01 Å². The molecule has 4 amide bonds. The molecule has 0 atom stereocenters. The van der Waals surface area contributed by atoms with Crippen molar-refractivity contribution < 1.29 is 23.9 Å². The van der Waals surface area contributed by atoms with Gasteiger partial charge in [-0.3, -0.25) is 15.0 Å². The molecule has 1 aliphatic heterocycles. The molecule has 3 rings (SSSR count). The van der Waals surface area contributed by atoms with Gasteiger partial charge in [0.25, 0.3) is 11.8 Å². The van der Waals surface area contributed by atoms with Crippen LogP contribution in [0.25, 0.3) is 0 Å². The summed E-state index contributed by atoms with van der Waals surface area (Å²) in [5.74, 6) is -1.45. The number of thioether (sulfide) groups is 1. The van der Waals surface area contributed by atoms with E-state index in [0.717, 1.165) is 12.8 Å². The lowest BCUT2D eigenvalue weighted by atomic mass is 9.77. The number of amides is 4. The van der Waals surface area contributed by atoms with Crippen molar-refractivity contribution in [2.45, 2.75) is 43.2 Å². The van der Waals surface area contributed by atoms with Crippen molar-refractivity contribution in [1.29, 1.82) is 0 Å². The zero-order chi connectivity index (χ0) is 20.3. The third kappa shape index (κ3) is 3.96. The van der Waals surface area contributed by atoms with Crippen LogP contribution < -0.4 is 10.7 Å². The number of nitrogens with zero attached hydrogens (tertiary/aromatic N) is 2. The Kier molecular flexibility index (Phi) is 5.87. The summed E-state index contributed by atoms with van der Waals surface area (Å²) < 4.78 is 4.99. The molecule has 0 radical (unpaired) electrons. The quantitative estimate of drug-likeness (QED) is 0.432. The second-order valence-electron chi connectivity index (χ2n) is 7.01. The van der Waals surface area contributed by atoms with Crippen LogP contribution in [0, 0.1) is 5.92 Å². The first-order valence-corrected chi connectivity index (χ1v) is 10.2. The lowest BCUT2D eigenvalue weighted by Gasteiger charge is -2.33. The molecule has 9 nitrogen and oxygen atoms in total. The van der Waals surface area contributed by atoms with Gasteiger partial charge in [-0.1, -0.05) is 6.92 Å². The Hall–Kier alpha value is -2.62. The number of carbonyl (C=O) groups is 4. The Morgan fingerprint density at radius 2 is 2.11 bits per heavy atom. The number of hydrogen-bond acceptors (Lipinski definition) is 7. The van der Waals surface area contributed by atoms with Gasteiger partial charge >= 0.3 is 12.0 Å². The van der Waals surface area contributed by atoms with Crippen LogP contribution >= 0.6 is 11.8 Å². The lowest BCUT2D eigenvalue weighted by Crippen LogP contribution is -2.52. The molecule has 2 aliphatic rings. The maximum Gasteiger partial charge on any atom is 0.344 e. The van der Waals surface area contributed by atoms with E-state index in [1.807, 2.05) is 0 Å². The highest BCUT2D eigenvalue weighted by atomic mass is 32.2. The zero-order valence-electron chi connectivity index (χ0n) is 15.7. The molecule has 1 spiro atoms. The molecule has 0 unspecified atom stereocenters. The van der Waals surface area contributed by atoms with Crippen LogP contribution in [0.3, 0.4) is 0 Å². The van der Waals surface area contributed by atoms with E-state index >= 15 is 0 Å². The molecule has 1 aromatic heterocycles. The van der Waals surface area contributed by atoms with E-state index in [0.29, 0.717) is 28.8 Å². The van der Waals surface area contributed by atoms with E-state index in [1.165, 1.54) is 11.8 Å². The SMILES string of the molecule is CSc1ncccc1C(=O)OCC(=O)NN1C(=O)NC2(CCC(C)CC2)C1=O. The highest BCUT2D eigenvalue weighted by Crippen LogP contribution is 2.35. The summed E-state index contributed by atoms with van der Waals surface area (Å²) in [6, 6.07) is 2.47. The summed E-state index contributed by atoms with van der Waals surface area (Å²) in [7, 11) is 0. The smallest absolute Gasteiger partial charge is 0.344 e. The van der Waals surface area contributed by atoms with Gasteiger partial charge in [0.2, 0.25) is 0 Å². The summed E-state index contributed by atoms with van der Waals surface area (Å²) in [6.07, 6.45) is 6.06. The van der Waals surface area contributed by atoms with E-state index in [1.54, 1.807) is 24.6 Å². The first-order valence-electron chi connectivity index (χ1n) is 8.98. The van der Waals surface area contributed by atoms with Crippen molar-refractivity contribution in [3.8, 4) is 0 Å². The second kappa shape index (κ2) is 8.17.